The molecule has 0 bridgehead atoms. The Balaban J connectivity index is 1.19. The molecule has 0 aliphatic carbocycles. The average Bonchev–Trinajstić information content (AvgIpc) is 3.85. The van der Waals surface area contributed by atoms with Crippen molar-refractivity contribution in [2.75, 3.05) is 43.5 Å². The lowest BCUT2D eigenvalue weighted by molar-refractivity contribution is -0.274. The highest BCUT2D eigenvalue weighted by atomic mass is 35.5. The first kappa shape index (κ1) is 39.3. The normalized spacial score (nSPS) is 17.9. The van der Waals surface area contributed by atoms with Crippen molar-refractivity contribution in [3.05, 3.63) is 77.3 Å². The summed E-state index contributed by atoms with van der Waals surface area (Å²) >= 11 is 6.54. The molecule has 4 N–H and O–H groups in total. The molecule has 55 heavy (non-hydrogen) atoms. The lowest BCUT2D eigenvalue weighted by atomic mass is 10.0. The maximum atomic E-state index is 13.6. The number of nitrogens with zero attached hydrogens (tertiary/aromatic N) is 4. The van der Waals surface area contributed by atoms with Gasteiger partial charge in [0.15, 0.2) is 0 Å². The number of piperazine rings is 1. The second-order valence-electron chi connectivity index (χ2n) is 13.8. The van der Waals surface area contributed by atoms with Crippen molar-refractivity contribution in [3.8, 4) is 28.1 Å². The minimum absolute atomic E-state index is 0.00321. The third-order valence-corrected chi connectivity index (χ3v) is 10.0. The van der Waals surface area contributed by atoms with E-state index in [1.165, 1.54) is 19.4 Å². The molecule has 2 aromatic carbocycles. The van der Waals surface area contributed by atoms with Gasteiger partial charge in [0.05, 0.1) is 41.3 Å². The van der Waals surface area contributed by atoms with Crippen LogP contribution < -0.4 is 25.6 Å². The molecule has 0 unspecified atom stereocenters. The van der Waals surface area contributed by atoms with E-state index < -0.39 is 30.2 Å². The smallest absolute Gasteiger partial charge is 0.453 e. The van der Waals surface area contributed by atoms with Gasteiger partial charge in [0.25, 0.3) is 5.91 Å². The van der Waals surface area contributed by atoms with Crippen molar-refractivity contribution < 1.29 is 37.0 Å². The predicted octanol–water partition coefficient (Wildman–Crippen LogP) is 6.79. The fourth-order valence-electron chi connectivity index (χ4n) is 6.82. The Morgan fingerprint density at radius 2 is 1.76 bits per heavy atom. The molecule has 2 aliphatic heterocycles. The minimum Gasteiger partial charge on any atom is -0.453 e. The number of carbonyl (C=O) groups is 3. The van der Waals surface area contributed by atoms with E-state index in [2.05, 4.69) is 47.5 Å². The van der Waals surface area contributed by atoms with Crippen molar-refractivity contribution in [1.29, 1.82) is 0 Å². The van der Waals surface area contributed by atoms with Gasteiger partial charge in [-0.1, -0.05) is 49.7 Å². The number of carbonyl (C=O) groups excluding carboxylic acids is 3. The summed E-state index contributed by atoms with van der Waals surface area (Å²) < 4.78 is 50.1. The van der Waals surface area contributed by atoms with Crippen LogP contribution in [0.4, 0.5) is 29.5 Å². The molecule has 3 atom stereocenters. The van der Waals surface area contributed by atoms with E-state index >= 15 is 0 Å². The number of rotatable bonds is 10. The van der Waals surface area contributed by atoms with Crippen molar-refractivity contribution >= 4 is 41.0 Å². The van der Waals surface area contributed by atoms with Crippen molar-refractivity contribution in [2.24, 2.45) is 5.92 Å². The fourth-order valence-corrected chi connectivity index (χ4v) is 7.04. The number of nitrogens with one attached hydrogen (secondary N) is 4. The Hall–Kier alpha value is -5.35. The lowest BCUT2D eigenvalue weighted by Gasteiger charge is -2.34. The molecule has 6 rings (SSSR count). The number of ether oxygens (including phenoxy) is 2. The van der Waals surface area contributed by atoms with Gasteiger partial charge >= 0.3 is 12.5 Å². The standard InChI is InChI=1S/C38H42ClF3N8O5/c1-21(2)33(48-37(53)54-4)36(52)50-14-5-6-30(50)34-45-20-29(46-34)24-9-7-23(8-10-24)26-16-27(39)28(17-31(26)55-38(40,41)42)47-35(51)25-11-12-32(44-19-25)49-15-13-43-18-22(49)3/h7-12,16-17,19-22,30,33,43H,5-6,13-15,18H2,1-4H3,(H,45,46)(H,47,51)(H,48,53)/t22-,30+,33+/m1/s1. The van der Waals surface area contributed by atoms with Crippen LogP contribution in [0, 0.1) is 5.92 Å². The van der Waals surface area contributed by atoms with Crippen LogP contribution in [0.25, 0.3) is 22.4 Å². The molecule has 0 saturated carbocycles. The molecule has 2 aromatic heterocycles. The highest BCUT2D eigenvalue weighted by molar-refractivity contribution is 6.34. The molecule has 2 saturated heterocycles. The summed E-state index contributed by atoms with van der Waals surface area (Å²) in [6.45, 7) is 8.61. The maximum Gasteiger partial charge on any atom is 0.573 e. The SMILES string of the molecule is COC(=O)N[C@H](C(=O)N1CCC[C@H]1c1ncc(-c2ccc(-c3cc(Cl)c(NC(=O)c4ccc(N5CCNC[C@H]5C)nc4)cc3OC(F)(F)F)cc2)[nH]1)C(C)C. The first-order valence-electron chi connectivity index (χ1n) is 17.9. The Morgan fingerprint density at radius 3 is 2.42 bits per heavy atom. The molecule has 0 radical (unpaired) electrons. The van der Waals surface area contributed by atoms with Gasteiger partial charge in [-0.3, -0.25) is 9.59 Å². The van der Waals surface area contributed by atoms with Gasteiger partial charge in [-0.15, -0.1) is 13.2 Å². The largest absolute Gasteiger partial charge is 0.573 e. The molecule has 2 aliphatic rings. The predicted molar refractivity (Wildman–Crippen MR) is 201 cm³/mol. The number of alkyl carbamates (subject to hydrolysis) is 1. The van der Waals surface area contributed by atoms with Crippen molar-refractivity contribution in [3.63, 3.8) is 0 Å². The number of alkyl halides is 3. The number of methoxy groups -OCH3 is 1. The van der Waals surface area contributed by atoms with E-state index in [0.29, 0.717) is 41.4 Å². The highest BCUT2D eigenvalue weighted by Crippen LogP contribution is 2.41. The molecule has 292 valence electrons. The molecule has 2 fully saturated rings. The third-order valence-electron chi connectivity index (χ3n) is 9.69. The molecular formula is C38H42ClF3N8O5. The number of anilines is 2. The number of pyridine rings is 1. The fraction of sp³-hybridized carbons (Fsp3) is 0.395. The Kier molecular flexibility index (Phi) is 11.9. The van der Waals surface area contributed by atoms with Crippen LogP contribution in [-0.4, -0.2) is 89.5 Å². The molecule has 3 amide bonds. The second kappa shape index (κ2) is 16.6. The van der Waals surface area contributed by atoms with Crippen LogP contribution in [0.1, 0.15) is 55.8 Å². The van der Waals surface area contributed by atoms with Crippen molar-refractivity contribution in [2.45, 2.75) is 58.1 Å². The van der Waals surface area contributed by atoms with Crippen LogP contribution in [0.2, 0.25) is 5.02 Å². The number of aromatic amines is 1. The van der Waals surface area contributed by atoms with Gasteiger partial charge in [-0.2, -0.15) is 0 Å². The quantitative estimate of drug-likeness (QED) is 0.136. The summed E-state index contributed by atoms with van der Waals surface area (Å²) in [5.41, 5.74) is 1.86. The van der Waals surface area contributed by atoms with E-state index in [1.54, 1.807) is 47.5 Å². The minimum atomic E-state index is -5.03. The van der Waals surface area contributed by atoms with Gasteiger partial charge in [-0.05, 0) is 55.0 Å². The summed E-state index contributed by atoms with van der Waals surface area (Å²) in [5, 5.41) is 8.52. The molecule has 4 heterocycles. The van der Waals surface area contributed by atoms with E-state index in [1.807, 2.05) is 13.8 Å². The van der Waals surface area contributed by atoms with Gasteiger partial charge < -0.3 is 40.2 Å². The monoisotopic (exact) mass is 782 g/mol. The first-order valence-corrected chi connectivity index (χ1v) is 18.2. The number of halogens is 4. The number of imidazole rings is 1. The summed E-state index contributed by atoms with van der Waals surface area (Å²) in [7, 11) is 1.24. The number of aromatic nitrogens is 3. The molecule has 13 nitrogen and oxygen atoms in total. The Bertz CT molecular complexity index is 2010. The summed E-state index contributed by atoms with van der Waals surface area (Å²) in [6.07, 6.45) is -1.27. The van der Waals surface area contributed by atoms with E-state index in [4.69, 9.17) is 16.3 Å². The summed E-state index contributed by atoms with van der Waals surface area (Å²) in [5.74, 6) is -0.304. The van der Waals surface area contributed by atoms with Crippen LogP contribution in [0.5, 0.6) is 5.75 Å². The van der Waals surface area contributed by atoms with Crippen LogP contribution >= 0.6 is 11.6 Å². The number of amides is 3. The van der Waals surface area contributed by atoms with E-state index in [9.17, 15) is 27.6 Å². The number of benzene rings is 2. The van der Waals surface area contributed by atoms with Crippen LogP contribution in [-0.2, 0) is 9.53 Å². The van der Waals surface area contributed by atoms with Gasteiger partial charge in [0.2, 0.25) is 5.91 Å². The summed E-state index contributed by atoms with van der Waals surface area (Å²) in [4.78, 5) is 54.7. The third kappa shape index (κ3) is 9.14. The van der Waals surface area contributed by atoms with Crippen LogP contribution in [0.15, 0.2) is 60.9 Å². The zero-order valence-electron chi connectivity index (χ0n) is 30.7. The van der Waals surface area contributed by atoms with Gasteiger partial charge in [-0.25, -0.2) is 14.8 Å². The molecule has 17 heteroatoms. The van der Waals surface area contributed by atoms with Crippen molar-refractivity contribution in [1.82, 2.24) is 30.5 Å². The summed E-state index contributed by atoms with van der Waals surface area (Å²) in [6, 6.07) is 11.4. The lowest BCUT2D eigenvalue weighted by Crippen LogP contribution is -2.51. The van der Waals surface area contributed by atoms with E-state index in [-0.39, 0.29) is 45.7 Å². The van der Waals surface area contributed by atoms with Crippen LogP contribution in [0.3, 0.4) is 0 Å². The molecule has 4 aromatic rings. The highest BCUT2D eigenvalue weighted by Gasteiger charge is 2.38. The molecular weight excluding hydrogens is 741 g/mol. The number of hydrogen-bond donors (Lipinski definition) is 4. The van der Waals surface area contributed by atoms with Gasteiger partial charge in [0, 0.05) is 50.0 Å². The van der Waals surface area contributed by atoms with E-state index in [0.717, 1.165) is 32.1 Å². The van der Waals surface area contributed by atoms with Gasteiger partial charge in [0.1, 0.15) is 23.4 Å². The Labute approximate surface area is 320 Å². The zero-order chi connectivity index (χ0) is 39.4. The number of H-pyrrole nitrogens is 1. The number of likely N-dealkylation sites (tertiary alicyclic amines) is 1. The molecule has 0 spiro atoms. The zero-order valence-corrected chi connectivity index (χ0v) is 31.4. The Morgan fingerprint density at radius 1 is 1.02 bits per heavy atom. The number of hydrogen-bond acceptors (Lipinski definition) is 9. The maximum absolute atomic E-state index is 13.6. The first-order chi connectivity index (χ1) is 26.2. The topological polar surface area (TPSA) is 154 Å². The second-order valence-corrected chi connectivity index (χ2v) is 14.2. The average molecular weight is 783 g/mol.